The summed E-state index contributed by atoms with van der Waals surface area (Å²) in [4.78, 5) is 9.19. The van der Waals surface area contributed by atoms with Gasteiger partial charge in [-0.05, 0) is 61.4 Å². The Bertz CT molecular complexity index is 696. The molecule has 1 heterocycles. The first kappa shape index (κ1) is 26.4. The predicted octanol–water partition coefficient (Wildman–Crippen LogP) is 8.81. The predicted molar refractivity (Wildman–Crippen MR) is 137 cm³/mol. The molecule has 0 saturated carbocycles. The van der Waals surface area contributed by atoms with Crippen LogP contribution in [-0.2, 0) is 6.42 Å². The molecule has 1 unspecified atom stereocenters. The van der Waals surface area contributed by atoms with Gasteiger partial charge in [-0.1, -0.05) is 85.0 Å². The molecule has 3 heteroatoms. The molecule has 0 aliphatic rings. The number of ether oxygens (including phenoxy) is 1. The zero-order valence-electron chi connectivity index (χ0n) is 21.0. The smallest absolute Gasteiger partial charge is 0.159 e. The lowest BCUT2D eigenvalue weighted by Crippen LogP contribution is -2.01. The highest BCUT2D eigenvalue weighted by atomic mass is 16.5. The van der Waals surface area contributed by atoms with Crippen molar-refractivity contribution in [3.8, 4) is 17.1 Å². The van der Waals surface area contributed by atoms with E-state index >= 15 is 0 Å². The Morgan fingerprint density at radius 3 is 1.97 bits per heavy atom. The Kier molecular flexibility index (Phi) is 13.7. The fourth-order valence-electron chi connectivity index (χ4n) is 4.11. The molecule has 178 valence electrons. The van der Waals surface area contributed by atoms with Gasteiger partial charge in [-0.25, -0.2) is 9.97 Å². The van der Waals surface area contributed by atoms with Crippen molar-refractivity contribution in [1.82, 2.24) is 9.97 Å². The van der Waals surface area contributed by atoms with Crippen molar-refractivity contribution < 1.29 is 4.74 Å². The molecule has 0 amide bonds. The van der Waals surface area contributed by atoms with E-state index in [-0.39, 0.29) is 0 Å². The van der Waals surface area contributed by atoms with Crippen LogP contribution < -0.4 is 4.74 Å². The van der Waals surface area contributed by atoms with Crippen LogP contribution in [0.1, 0.15) is 110 Å². The molecule has 1 aromatic heterocycles. The Morgan fingerprint density at radius 1 is 0.719 bits per heavy atom. The van der Waals surface area contributed by atoms with Crippen LogP contribution >= 0.6 is 0 Å². The Hall–Kier alpha value is -1.90. The SMILES string of the molecule is CCCCCCCCCCc1cnc(-c2ccc(OCCCC(C)CCCC)cc2)nc1. The number of hydrogen-bond acceptors (Lipinski definition) is 3. The summed E-state index contributed by atoms with van der Waals surface area (Å²) in [6.07, 6.45) is 22.2. The third-order valence-electron chi connectivity index (χ3n) is 6.30. The number of rotatable bonds is 18. The van der Waals surface area contributed by atoms with Crippen molar-refractivity contribution in [2.45, 2.75) is 111 Å². The summed E-state index contributed by atoms with van der Waals surface area (Å²) in [5, 5.41) is 0. The van der Waals surface area contributed by atoms with Crippen LogP contribution in [0, 0.1) is 5.92 Å². The third kappa shape index (κ3) is 11.1. The van der Waals surface area contributed by atoms with Gasteiger partial charge in [-0.15, -0.1) is 0 Å². The summed E-state index contributed by atoms with van der Waals surface area (Å²) in [7, 11) is 0. The van der Waals surface area contributed by atoms with Crippen molar-refractivity contribution >= 4 is 0 Å². The highest BCUT2D eigenvalue weighted by Gasteiger charge is 2.04. The van der Waals surface area contributed by atoms with E-state index in [0.29, 0.717) is 0 Å². The maximum atomic E-state index is 5.92. The van der Waals surface area contributed by atoms with E-state index in [1.807, 2.05) is 24.5 Å². The van der Waals surface area contributed by atoms with Crippen molar-refractivity contribution in [2.75, 3.05) is 6.61 Å². The van der Waals surface area contributed by atoms with E-state index in [1.165, 1.54) is 82.6 Å². The average molecular weight is 439 g/mol. The van der Waals surface area contributed by atoms with Crippen molar-refractivity contribution in [2.24, 2.45) is 5.92 Å². The first-order valence-corrected chi connectivity index (χ1v) is 13.3. The van der Waals surface area contributed by atoms with Gasteiger partial charge in [-0.2, -0.15) is 0 Å². The molecule has 32 heavy (non-hydrogen) atoms. The monoisotopic (exact) mass is 438 g/mol. The molecule has 0 radical (unpaired) electrons. The Labute approximate surface area is 197 Å². The largest absolute Gasteiger partial charge is 0.494 e. The topological polar surface area (TPSA) is 35.0 Å². The standard InChI is InChI=1S/C29H46N2O/c1-4-6-8-9-10-11-12-13-17-26-23-30-29(31-24-26)27-18-20-28(21-19-27)32-22-14-16-25(3)15-7-5-2/h18-21,23-25H,4-17,22H2,1-3H3. The van der Waals surface area contributed by atoms with E-state index in [2.05, 4.69) is 42.9 Å². The molecule has 0 saturated heterocycles. The lowest BCUT2D eigenvalue weighted by molar-refractivity contribution is 0.291. The molecule has 0 bridgehead atoms. The minimum absolute atomic E-state index is 0.791. The number of aryl methyl sites for hydroxylation is 1. The highest BCUT2D eigenvalue weighted by molar-refractivity contribution is 5.55. The molecule has 1 atom stereocenters. The van der Waals surface area contributed by atoms with Crippen LogP contribution in [0.5, 0.6) is 5.75 Å². The maximum absolute atomic E-state index is 5.92. The number of nitrogens with zero attached hydrogens (tertiary/aromatic N) is 2. The second-order valence-electron chi connectivity index (χ2n) is 9.40. The Morgan fingerprint density at radius 2 is 1.31 bits per heavy atom. The molecular weight excluding hydrogens is 392 g/mol. The van der Waals surface area contributed by atoms with Crippen LogP contribution in [0.15, 0.2) is 36.7 Å². The fraction of sp³-hybridized carbons (Fsp3) is 0.655. The molecular formula is C29H46N2O. The second kappa shape index (κ2) is 16.7. The normalized spacial score (nSPS) is 12.1. The maximum Gasteiger partial charge on any atom is 0.159 e. The van der Waals surface area contributed by atoms with E-state index in [9.17, 15) is 0 Å². The summed E-state index contributed by atoms with van der Waals surface area (Å²) in [6, 6.07) is 8.20. The zero-order chi connectivity index (χ0) is 22.9. The van der Waals surface area contributed by atoms with Gasteiger partial charge < -0.3 is 4.74 Å². The molecule has 0 aliphatic carbocycles. The lowest BCUT2D eigenvalue weighted by Gasteiger charge is -2.11. The minimum Gasteiger partial charge on any atom is -0.494 e. The van der Waals surface area contributed by atoms with Gasteiger partial charge in [0, 0.05) is 18.0 Å². The van der Waals surface area contributed by atoms with E-state index in [1.54, 1.807) is 0 Å². The molecule has 0 N–H and O–H groups in total. The summed E-state index contributed by atoms with van der Waals surface area (Å²) in [5.41, 5.74) is 2.29. The van der Waals surface area contributed by atoms with Crippen LogP contribution in [-0.4, -0.2) is 16.6 Å². The van der Waals surface area contributed by atoms with E-state index in [4.69, 9.17) is 4.74 Å². The molecule has 1 aromatic carbocycles. The minimum atomic E-state index is 0.791. The van der Waals surface area contributed by atoms with Crippen molar-refractivity contribution in [1.29, 1.82) is 0 Å². The first-order chi connectivity index (χ1) is 15.7. The van der Waals surface area contributed by atoms with Crippen LogP contribution in [0.25, 0.3) is 11.4 Å². The van der Waals surface area contributed by atoms with Gasteiger partial charge >= 0.3 is 0 Å². The molecule has 0 aliphatic heterocycles. The van der Waals surface area contributed by atoms with Gasteiger partial charge in [0.15, 0.2) is 5.82 Å². The molecule has 0 fully saturated rings. The molecule has 2 rings (SSSR count). The Balaban J connectivity index is 1.65. The summed E-state index contributed by atoms with van der Waals surface area (Å²) >= 11 is 0. The highest BCUT2D eigenvalue weighted by Crippen LogP contribution is 2.20. The molecule has 2 aromatic rings. The van der Waals surface area contributed by atoms with Gasteiger partial charge in [0.05, 0.1) is 6.61 Å². The van der Waals surface area contributed by atoms with Crippen molar-refractivity contribution in [3.05, 3.63) is 42.2 Å². The van der Waals surface area contributed by atoms with Crippen molar-refractivity contribution in [3.63, 3.8) is 0 Å². The molecule has 3 nitrogen and oxygen atoms in total. The van der Waals surface area contributed by atoms with Gasteiger partial charge in [-0.3, -0.25) is 0 Å². The number of benzene rings is 1. The number of hydrogen-bond donors (Lipinski definition) is 0. The first-order valence-electron chi connectivity index (χ1n) is 13.3. The van der Waals surface area contributed by atoms with Crippen LogP contribution in [0.4, 0.5) is 0 Å². The number of unbranched alkanes of at least 4 members (excludes halogenated alkanes) is 8. The van der Waals surface area contributed by atoms with Gasteiger partial charge in [0.25, 0.3) is 0 Å². The van der Waals surface area contributed by atoms with E-state index < -0.39 is 0 Å². The summed E-state index contributed by atoms with van der Waals surface area (Å²) in [6.45, 7) is 7.68. The fourth-order valence-corrected chi connectivity index (χ4v) is 4.11. The summed E-state index contributed by atoms with van der Waals surface area (Å²) in [5.74, 6) is 2.53. The van der Waals surface area contributed by atoms with E-state index in [0.717, 1.165) is 42.5 Å². The number of aromatic nitrogens is 2. The third-order valence-corrected chi connectivity index (χ3v) is 6.30. The summed E-state index contributed by atoms with van der Waals surface area (Å²) < 4.78 is 5.92. The van der Waals surface area contributed by atoms with Crippen LogP contribution in [0.2, 0.25) is 0 Å². The average Bonchev–Trinajstić information content (AvgIpc) is 2.83. The zero-order valence-corrected chi connectivity index (χ0v) is 21.0. The van der Waals surface area contributed by atoms with Crippen LogP contribution in [0.3, 0.4) is 0 Å². The lowest BCUT2D eigenvalue weighted by atomic mass is 9.99. The second-order valence-corrected chi connectivity index (χ2v) is 9.40. The van der Waals surface area contributed by atoms with Gasteiger partial charge in [0.2, 0.25) is 0 Å². The quantitative estimate of drug-likeness (QED) is 0.218. The molecule has 0 spiro atoms. The van der Waals surface area contributed by atoms with Gasteiger partial charge in [0.1, 0.15) is 5.75 Å².